The van der Waals surface area contributed by atoms with E-state index >= 15 is 0 Å². The minimum absolute atomic E-state index is 0.152. The van der Waals surface area contributed by atoms with Crippen LogP contribution < -0.4 is 5.32 Å². The van der Waals surface area contributed by atoms with Crippen molar-refractivity contribution in [3.05, 3.63) is 71.7 Å². The minimum atomic E-state index is -0.152. The van der Waals surface area contributed by atoms with Crippen LogP contribution in [0.1, 0.15) is 17.1 Å². The SMILES string of the molecule is Cc1nc(C)c(C#N)c(SCC(=O)Nc2ccccc2-c2ccccc2)n1. The Hall–Kier alpha value is -3.17. The number of carbonyl (C=O) groups is 1. The van der Waals surface area contributed by atoms with Crippen molar-refractivity contribution in [2.24, 2.45) is 0 Å². The Morgan fingerprint density at radius 2 is 1.78 bits per heavy atom. The van der Waals surface area contributed by atoms with Crippen molar-refractivity contribution < 1.29 is 4.79 Å². The molecule has 0 atom stereocenters. The van der Waals surface area contributed by atoms with Gasteiger partial charge < -0.3 is 5.32 Å². The molecule has 0 saturated carbocycles. The first-order valence-electron chi connectivity index (χ1n) is 8.41. The van der Waals surface area contributed by atoms with Crippen molar-refractivity contribution in [3.8, 4) is 17.2 Å². The van der Waals surface area contributed by atoms with Gasteiger partial charge in [0.05, 0.1) is 11.4 Å². The number of rotatable bonds is 5. The van der Waals surface area contributed by atoms with E-state index < -0.39 is 0 Å². The van der Waals surface area contributed by atoms with Crippen LogP contribution in [0.15, 0.2) is 59.6 Å². The van der Waals surface area contributed by atoms with Gasteiger partial charge in [0, 0.05) is 11.3 Å². The molecule has 0 bridgehead atoms. The first-order valence-corrected chi connectivity index (χ1v) is 9.39. The monoisotopic (exact) mass is 374 g/mol. The Morgan fingerprint density at radius 1 is 1.07 bits per heavy atom. The number of aryl methyl sites for hydroxylation is 2. The zero-order valence-corrected chi connectivity index (χ0v) is 15.9. The number of nitriles is 1. The maximum Gasteiger partial charge on any atom is 0.234 e. The zero-order chi connectivity index (χ0) is 19.2. The van der Waals surface area contributed by atoms with Gasteiger partial charge in [0.15, 0.2) is 0 Å². The molecule has 0 aliphatic rings. The third-order valence-corrected chi connectivity index (χ3v) is 4.88. The first-order chi connectivity index (χ1) is 13.1. The molecule has 0 fully saturated rings. The summed E-state index contributed by atoms with van der Waals surface area (Å²) >= 11 is 1.24. The Labute approximate surface area is 162 Å². The van der Waals surface area contributed by atoms with E-state index in [1.165, 1.54) is 11.8 Å². The van der Waals surface area contributed by atoms with Gasteiger partial charge in [-0.3, -0.25) is 4.79 Å². The molecule has 3 aromatic rings. The van der Waals surface area contributed by atoms with Crippen LogP contribution in [0, 0.1) is 25.2 Å². The van der Waals surface area contributed by atoms with Crippen molar-refractivity contribution in [3.63, 3.8) is 0 Å². The Bertz CT molecular complexity index is 1010. The molecule has 1 heterocycles. The molecular weight excluding hydrogens is 356 g/mol. The minimum Gasteiger partial charge on any atom is -0.325 e. The normalized spacial score (nSPS) is 10.3. The van der Waals surface area contributed by atoms with Crippen LogP contribution in [0.4, 0.5) is 5.69 Å². The molecule has 1 N–H and O–H groups in total. The summed E-state index contributed by atoms with van der Waals surface area (Å²) in [5.41, 5.74) is 3.80. The first kappa shape index (κ1) is 18.6. The number of thioether (sulfide) groups is 1. The lowest BCUT2D eigenvalue weighted by Crippen LogP contribution is -2.15. The van der Waals surface area contributed by atoms with E-state index in [0.29, 0.717) is 22.1 Å². The molecule has 2 aromatic carbocycles. The number of para-hydroxylation sites is 1. The molecule has 0 aliphatic heterocycles. The van der Waals surface area contributed by atoms with Crippen molar-refractivity contribution in [2.45, 2.75) is 18.9 Å². The zero-order valence-electron chi connectivity index (χ0n) is 15.1. The Kier molecular flexibility index (Phi) is 5.84. The molecule has 1 aromatic heterocycles. The highest BCUT2D eigenvalue weighted by Gasteiger charge is 2.13. The van der Waals surface area contributed by atoms with E-state index in [1.54, 1.807) is 13.8 Å². The van der Waals surface area contributed by atoms with E-state index in [9.17, 15) is 10.1 Å². The van der Waals surface area contributed by atoms with E-state index in [0.717, 1.165) is 16.8 Å². The third-order valence-electron chi connectivity index (χ3n) is 3.91. The molecule has 0 spiro atoms. The van der Waals surface area contributed by atoms with E-state index in [4.69, 9.17) is 0 Å². The van der Waals surface area contributed by atoms with E-state index in [2.05, 4.69) is 21.4 Å². The summed E-state index contributed by atoms with van der Waals surface area (Å²) in [5, 5.41) is 12.8. The Balaban J connectivity index is 1.74. The van der Waals surface area contributed by atoms with Crippen LogP contribution in [0.2, 0.25) is 0 Å². The van der Waals surface area contributed by atoms with Crippen molar-refractivity contribution in [1.82, 2.24) is 9.97 Å². The summed E-state index contributed by atoms with van der Waals surface area (Å²) < 4.78 is 0. The van der Waals surface area contributed by atoms with Gasteiger partial charge >= 0.3 is 0 Å². The Morgan fingerprint density at radius 3 is 2.52 bits per heavy atom. The maximum absolute atomic E-state index is 12.5. The number of aromatic nitrogens is 2. The smallest absolute Gasteiger partial charge is 0.234 e. The van der Waals surface area contributed by atoms with Gasteiger partial charge in [-0.1, -0.05) is 60.3 Å². The van der Waals surface area contributed by atoms with Gasteiger partial charge in [-0.2, -0.15) is 5.26 Å². The highest BCUT2D eigenvalue weighted by atomic mass is 32.2. The fourth-order valence-corrected chi connectivity index (χ4v) is 3.57. The predicted molar refractivity (Wildman–Crippen MR) is 107 cm³/mol. The lowest BCUT2D eigenvalue weighted by atomic mass is 10.0. The summed E-state index contributed by atoms with van der Waals surface area (Å²) in [6, 6.07) is 19.7. The van der Waals surface area contributed by atoms with Gasteiger partial charge in [0.2, 0.25) is 5.91 Å². The van der Waals surface area contributed by atoms with Crippen molar-refractivity contribution in [1.29, 1.82) is 5.26 Å². The number of nitrogens with one attached hydrogen (secondary N) is 1. The molecule has 0 aliphatic carbocycles. The average molecular weight is 374 g/mol. The summed E-state index contributed by atoms with van der Waals surface area (Å²) in [6.07, 6.45) is 0. The number of hydrogen-bond donors (Lipinski definition) is 1. The van der Waals surface area contributed by atoms with Crippen molar-refractivity contribution in [2.75, 3.05) is 11.1 Å². The molecule has 5 nitrogen and oxygen atoms in total. The van der Waals surface area contributed by atoms with Crippen molar-refractivity contribution >= 4 is 23.4 Å². The third kappa shape index (κ3) is 4.52. The average Bonchev–Trinajstić information content (AvgIpc) is 2.67. The lowest BCUT2D eigenvalue weighted by molar-refractivity contribution is -0.113. The molecule has 134 valence electrons. The van der Waals surface area contributed by atoms with Crippen LogP contribution in [-0.2, 0) is 4.79 Å². The second kappa shape index (κ2) is 8.47. The van der Waals surface area contributed by atoms with Crippen LogP contribution in [0.5, 0.6) is 0 Å². The molecule has 0 unspecified atom stereocenters. The molecule has 0 saturated heterocycles. The summed E-state index contributed by atoms with van der Waals surface area (Å²) in [7, 11) is 0. The van der Waals surface area contributed by atoms with Gasteiger partial charge in [0.1, 0.15) is 22.5 Å². The quantitative estimate of drug-likeness (QED) is 0.530. The molecule has 6 heteroatoms. The van der Waals surface area contributed by atoms with Gasteiger partial charge in [-0.25, -0.2) is 9.97 Å². The van der Waals surface area contributed by atoms with Crippen LogP contribution >= 0.6 is 11.8 Å². The second-order valence-electron chi connectivity index (χ2n) is 5.90. The molecule has 27 heavy (non-hydrogen) atoms. The number of hydrogen-bond acceptors (Lipinski definition) is 5. The maximum atomic E-state index is 12.5. The predicted octanol–water partition coefficient (Wildman–Crippen LogP) is 4.36. The summed E-state index contributed by atoms with van der Waals surface area (Å²) in [5.74, 6) is 0.596. The van der Waals surface area contributed by atoms with E-state index in [1.807, 2.05) is 54.6 Å². The largest absolute Gasteiger partial charge is 0.325 e. The van der Waals surface area contributed by atoms with E-state index in [-0.39, 0.29) is 11.7 Å². The molecule has 0 radical (unpaired) electrons. The van der Waals surface area contributed by atoms with Gasteiger partial charge in [-0.15, -0.1) is 0 Å². The number of amides is 1. The lowest BCUT2D eigenvalue weighted by Gasteiger charge is -2.11. The fraction of sp³-hybridized carbons (Fsp3) is 0.143. The summed E-state index contributed by atoms with van der Waals surface area (Å²) in [4.78, 5) is 21.0. The fourth-order valence-electron chi connectivity index (χ4n) is 2.70. The van der Waals surface area contributed by atoms with Gasteiger partial charge in [-0.05, 0) is 25.5 Å². The topological polar surface area (TPSA) is 78.7 Å². The molecular formula is C21H18N4OS. The molecule has 3 rings (SSSR count). The number of nitrogens with zero attached hydrogens (tertiary/aromatic N) is 3. The van der Waals surface area contributed by atoms with Crippen LogP contribution in [0.3, 0.4) is 0 Å². The van der Waals surface area contributed by atoms with Crippen LogP contribution in [0.25, 0.3) is 11.1 Å². The molecule has 1 amide bonds. The highest BCUT2D eigenvalue weighted by Crippen LogP contribution is 2.28. The van der Waals surface area contributed by atoms with Crippen LogP contribution in [-0.4, -0.2) is 21.6 Å². The number of anilines is 1. The summed E-state index contributed by atoms with van der Waals surface area (Å²) in [6.45, 7) is 3.54. The highest BCUT2D eigenvalue weighted by molar-refractivity contribution is 8.00. The second-order valence-corrected chi connectivity index (χ2v) is 6.86. The van der Waals surface area contributed by atoms with Gasteiger partial charge in [0.25, 0.3) is 0 Å². The standard InChI is InChI=1S/C21H18N4OS/c1-14-18(12-22)21(24-15(2)23-14)27-13-20(26)25-19-11-7-6-10-17(19)16-8-4-3-5-9-16/h3-11H,13H2,1-2H3,(H,25,26). The number of benzene rings is 2. The number of carbonyl (C=O) groups excluding carboxylic acids is 1.